The number of hydrogen-bond donors (Lipinski definition) is 2. The SMILES string of the molecule is CCCCC(C(=O)O)C(=O)OC(c1cc(C(C)(C)C)c(O)c(C(C)(C)C)c1)(C1CC(C)(C)N(OC2CCCCC2)C(C)(C)C1)C1CC(C)(C)N(OC2CCCCC2)C(C)(C)C1. The third-order valence-electron chi connectivity index (χ3n) is 14.9. The first-order chi connectivity index (χ1) is 28.1. The predicted octanol–water partition coefficient (Wildman–Crippen LogP) is 12.7. The van der Waals surface area contributed by atoms with Crippen molar-refractivity contribution in [1.29, 1.82) is 0 Å². The highest BCUT2D eigenvalue weighted by atomic mass is 16.7. The van der Waals surface area contributed by atoms with Gasteiger partial charge in [-0.15, -0.1) is 0 Å². The smallest absolute Gasteiger partial charge is 0.321 e. The van der Waals surface area contributed by atoms with Gasteiger partial charge in [-0.3, -0.25) is 19.3 Å². The van der Waals surface area contributed by atoms with E-state index in [0.29, 0.717) is 32.1 Å². The number of ether oxygens (including phenoxy) is 1. The number of aliphatic carboxylic acids is 1. The lowest BCUT2D eigenvalue weighted by molar-refractivity contribution is -0.336. The number of piperidine rings is 2. The largest absolute Gasteiger partial charge is 0.507 e. The number of carbonyl (C=O) groups is 2. The summed E-state index contributed by atoms with van der Waals surface area (Å²) in [7, 11) is 0. The number of aromatic hydroxyl groups is 1. The molecule has 0 spiro atoms. The molecular formula is C52H88N2O7. The Morgan fingerprint density at radius 3 is 1.34 bits per heavy atom. The molecule has 0 bridgehead atoms. The standard InChI is InChI=1S/C52H88N2O7/c1-16-17-28-40(44(56)57)45(58)59-52(35-29-41(46(2,3)4)43(55)42(30-35)47(5,6)7,36-31-48(8,9)53(49(10,11)32-36)60-38-24-20-18-21-25-38)37-33-50(12,13)54(51(14,15)34-37)61-39-26-22-19-23-27-39/h29-30,36-40,55H,16-28,31-34H2,1-15H3,(H,56,57). The molecule has 348 valence electrons. The number of esters is 1. The van der Waals surface area contributed by atoms with Gasteiger partial charge in [-0.1, -0.05) is 99.8 Å². The molecule has 4 aliphatic rings. The number of carboxylic acid groups (broad SMARTS) is 1. The van der Waals surface area contributed by atoms with E-state index >= 15 is 4.79 Å². The number of phenols is 1. The van der Waals surface area contributed by atoms with E-state index in [1.165, 1.54) is 38.5 Å². The number of benzene rings is 1. The molecule has 2 aliphatic heterocycles. The molecule has 0 aromatic heterocycles. The van der Waals surface area contributed by atoms with Gasteiger partial charge in [0.2, 0.25) is 0 Å². The van der Waals surface area contributed by atoms with Crippen LogP contribution in [0, 0.1) is 17.8 Å². The Labute approximate surface area is 371 Å². The number of nitrogens with zero attached hydrogens (tertiary/aromatic N) is 2. The fourth-order valence-corrected chi connectivity index (χ4v) is 12.4. The molecule has 2 heterocycles. The number of carbonyl (C=O) groups excluding carboxylic acids is 1. The van der Waals surface area contributed by atoms with Crippen LogP contribution in [0.4, 0.5) is 0 Å². The number of rotatable bonds is 13. The minimum Gasteiger partial charge on any atom is -0.507 e. The summed E-state index contributed by atoms with van der Waals surface area (Å²) in [5.74, 6) is -3.31. The van der Waals surface area contributed by atoms with Gasteiger partial charge in [-0.2, -0.15) is 10.1 Å². The van der Waals surface area contributed by atoms with Crippen molar-refractivity contribution in [1.82, 2.24) is 10.1 Å². The molecule has 0 amide bonds. The molecule has 2 saturated heterocycles. The molecule has 2 N–H and O–H groups in total. The van der Waals surface area contributed by atoms with Crippen molar-refractivity contribution >= 4 is 11.9 Å². The van der Waals surface area contributed by atoms with Crippen LogP contribution in [0.5, 0.6) is 5.75 Å². The van der Waals surface area contributed by atoms with E-state index in [4.69, 9.17) is 14.4 Å². The van der Waals surface area contributed by atoms with Crippen LogP contribution in [-0.2, 0) is 40.4 Å². The average Bonchev–Trinajstić information content (AvgIpc) is 3.13. The van der Waals surface area contributed by atoms with Crippen molar-refractivity contribution in [3.63, 3.8) is 0 Å². The highest BCUT2D eigenvalue weighted by Gasteiger charge is 2.63. The second-order valence-electron chi connectivity index (χ2n) is 24.4. The predicted molar refractivity (Wildman–Crippen MR) is 245 cm³/mol. The zero-order valence-electron chi connectivity index (χ0n) is 41.4. The van der Waals surface area contributed by atoms with Gasteiger partial charge in [0, 0.05) is 34.0 Å². The van der Waals surface area contributed by atoms with Crippen molar-refractivity contribution in [3.8, 4) is 5.75 Å². The second kappa shape index (κ2) is 18.4. The number of hydroxylamine groups is 4. The monoisotopic (exact) mass is 853 g/mol. The third kappa shape index (κ3) is 10.8. The average molecular weight is 853 g/mol. The van der Waals surface area contributed by atoms with Crippen molar-refractivity contribution in [2.75, 3.05) is 0 Å². The van der Waals surface area contributed by atoms with Crippen LogP contribution in [0.3, 0.4) is 0 Å². The minimum atomic E-state index is -1.30. The van der Waals surface area contributed by atoms with Crippen LogP contribution in [-0.4, -0.2) is 66.6 Å². The first-order valence-electron chi connectivity index (χ1n) is 24.3. The highest BCUT2D eigenvalue weighted by molar-refractivity contribution is 5.94. The molecule has 1 aromatic carbocycles. The normalized spacial score (nSPS) is 24.4. The van der Waals surface area contributed by atoms with Crippen molar-refractivity contribution in [2.45, 2.75) is 264 Å². The van der Waals surface area contributed by atoms with Crippen molar-refractivity contribution in [2.24, 2.45) is 17.8 Å². The Balaban J connectivity index is 1.81. The van der Waals surface area contributed by atoms with E-state index in [1.807, 2.05) is 6.92 Å². The van der Waals surface area contributed by atoms with Crippen molar-refractivity contribution in [3.05, 3.63) is 28.8 Å². The maximum Gasteiger partial charge on any atom is 0.321 e. The molecule has 2 aliphatic carbocycles. The van der Waals surface area contributed by atoms with Gasteiger partial charge in [-0.05, 0) is 153 Å². The zero-order chi connectivity index (χ0) is 45.6. The van der Waals surface area contributed by atoms with Gasteiger partial charge >= 0.3 is 11.9 Å². The summed E-state index contributed by atoms with van der Waals surface area (Å²) >= 11 is 0. The summed E-state index contributed by atoms with van der Waals surface area (Å²) in [4.78, 5) is 42.4. The topological polar surface area (TPSA) is 109 Å². The summed E-state index contributed by atoms with van der Waals surface area (Å²) in [6.45, 7) is 32.9. The maximum atomic E-state index is 15.2. The zero-order valence-corrected chi connectivity index (χ0v) is 41.4. The van der Waals surface area contributed by atoms with E-state index in [9.17, 15) is 15.0 Å². The molecule has 5 rings (SSSR count). The first-order valence-corrected chi connectivity index (χ1v) is 24.3. The van der Waals surface area contributed by atoms with Gasteiger partial charge in [0.05, 0.1) is 12.2 Å². The molecule has 1 aromatic rings. The summed E-state index contributed by atoms with van der Waals surface area (Å²) in [6, 6.07) is 4.24. The van der Waals surface area contributed by atoms with Gasteiger partial charge in [0.1, 0.15) is 11.4 Å². The minimum absolute atomic E-state index is 0.164. The second-order valence-corrected chi connectivity index (χ2v) is 24.4. The Morgan fingerprint density at radius 2 is 1.03 bits per heavy atom. The van der Waals surface area contributed by atoms with Crippen LogP contribution in [0.25, 0.3) is 0 Å². The van der Waals surface area contributed by atoms with E-state index in [0.717, 1.165) is 48.8 Å². The molecule has 0 radical (unpaired) electrons. The molecule has 1 atom stereocenters. The Bertz CT molecular complexity index is 1540. The first kappa shape index (κ1) is 49.8. The van der Waals surface area contributed by atoms with Crippen LogP contribution in [0.2, 0.25) is 0 Å². The Kier molecular flexibility index (Phi) is 15.0. The summed E-state index contributed by atoms with van der Waals surface area (Å²) in [5, 5.41) is 27.5. The molecule has 2 saturated carbocycles. The Hall–Kier alpha value is -2.20. The number of phenolic OH excluding ortho intramolecular Hbond substituents is 1. The van der Waals surface area contributed by atoms with Gasteiger partial charge in [0.15, 0.2) is 5.92 Å². The van der Waals surface area contributed by atoms with Gasteiger partial charge < -0.3 is 14.9 Å². The maximum absolute atomic E-state index is 15.2. The molecular weight excluding hydrogens is 765 g/mol. The fourth-order valence-electron chi connectivity index (χ4n) is 12.4. The van der Waals surface area contributed by atoms with E-state index in [-0.39, 0.29) is 36.2 Å². The number of unbranched alkanes of at least 4 members (excludes halogenated alkanes) is 1. The fraction of sp³-hybridized carbons (Fsp3) is 0.846. The summed E-state index contributed by atoms with van der Waals surface area (Å²) < 4.78 is 7.42. The van der Waals surface area contributed by atoms with Crippen LogP contribution in [0.1, 0.15) is 230 Å². The van der Waals surface area contributed by atoms with Crippen LogP contribution in [0.15, 0.2) is 12.1 Å². The molecule has 1 unspecified atom stereocenters. The molecule has 9 nitrogen and oxygen atoms in total. The lowest BCUT2D eigenvalue weighted by Gasteiger charge is -2.62. The lowest BCUT2D eigenvalue weighted by atomic mass is 9.57. The summed E-state index contributed by atoms with van der Waals surface area (Å²) in [5.41, 5.74) is -1.62. The van der Waals surface area contributed by atoms with Gasteiger partial charge in [-0.25, -0.2) is 0 Å². The lowest BCUT2D eigenvalue weighted by Crippen LogP contribution is -2.68. The quantitative estimate of drug-likeness (QED) is 0.148. The molecule has 61 heavy (non-hydrogen) atoms. The van der Waals surface area contributed by atoms with Gasteiger partial charge in [0.25, 0.3) is 0 Å². The van der Waals surface area contributed by atoms with Crippen LogP contribution >= 0.6 is 0 Å². The van der Waals surface area contributed by atoms with E-state index in [1.54, 1.807) is 0 Å². The highest BCUT2D eigenvalue weighted by Crippen LogP contribution is 2.60. The van der Waals surface area contributed by atoms with E-state index in [2.05, 4.69) is 119 Å². The number of carboxylic acids is 1. The number of hydrogen-bond acceptors (Lipinski definition) is 8. The molecule has 4 fully saturated rings. The van der Waals surface area contributed by atoms with Crippen molar-refractivity contribution < 1.29 is 34.2 Å². The summed E-state index contributed by atoms with van der Waals surface area (Å²) in [6.07, 6.45) is 15.9. The van der Waals surface area contributed by atoms with Crippen LogP contribution < -0.4 is 0 Å². The Morgan fingerprint density at radius 1 is 0.672 bits per heavy atom. The van der Waals surface area contributed by atoms with E-state index < -0.39 is 56.4 Å². The third-order valence-corrected chi connectivity index (χ3v) is 14.9. The molecule has 9 heteroatoms.